The van der Waals surface area contributed by atoms with Crippen LogP contribution in [-0.2, 0) is 9.53 Å². The lowest BCUT2D eigenvalue weighted by molar-refractivity contribution is -0.127. The molecule has 1 heterocycles. The molecule has 4 aliphatic rings. The minimum Gasteiger partial charge on any atom is -0.358 e. The van der Waals surface area contributed by atoms with Crippen LogP contribution in [0.25, 0.3) is 0 Å². The van der Waals surface area contributed by atoms with Crippen LogP contribution in [0, 0.1) is 17.8 Å². The molecular formula is C21H35FN2O2. The third kappa shape index (κ3) is 4.09. The first kappa shape index (κ1) is 18.7. The Kier molecular flexibility index (Phi) is 5.84. The van der Waals surface area contributed by atoms with Crippen molar-refractivity contribution in [2.75, 3.05) is 0 Å². The first-order valence-electron chi connectivity index (χ1n) is 11.0. The van der Waals surface area contributed by atoms with Crippen LogP contribution in [0.3, 0.4) is 0 Å². The Morgan fingerprint density at radius 3 is 2.58 bits per heavy atom. The van der Waals surface area contributed by atoms with E-state index in [2.05, 4.69) is 17.6 Å². The van der Waals surface area contributed by atoms with Crippen LogP contribution in [0.2, 0.25) is 0 Å². The zero-order valence-corrected chi connectivity index (χ0v) is 16.1. The van der Waals surface area contributed by atoms with Crippen molar-refractivity contribution in [2.24, 2.45) is 17.8 Å². The van der Waals surface area contributed by atoms with E-state index in [1.165, 1.54) is 25.7 Å². The van der Waals surface area contributed by atoms with E-state index < -0.39 is 6.17 Å². The average molecular weight is 367 g/mol. The summed E-state index contributed by atoms with van der Waals surface area (Å²) in [6.45, 7) is 2.37. The Balaban J connectivity index is 1.27. The summed E-state index contributed by atoms with van der Waals surface area (Å²) in [4.78, 5) is 12.5. The quantitative estimate of drug-likeness (QED) is 0.801. The fourth-order valence-electron chi connectivity index (χ4n) is 5.70. The van der Waals surface area contributed by atoms with Gasteiger partial charge in [-0.05, 0) is 57.3 Å². The van der Waals surface area contributed by atoms with E-state index in [4.69, 9.17) is 4.74 Å². The van der Waals surface area contributed by atoms with Gasteiger partial charge in [-0.3, -0.25) is 10.1 Å². The van der Waals surface area contributed by atoms with Crippen molar-refractivity contribution in [3.8, 4) is 0 Å². The van der Waals surface area contributed by atoms with E-state index in [0.717, 1.165) is 25.2 Å². The summed E-state index contributed by atoms with van der Waals surface area (Å²) in [6.07, 6.45) is 10.6. The van der Waals surface area contributed by atoms with E-state index in [9.17, 15) is 9.18 Å². The highest BCUT2D eigenvalue weighted by atomic mass is 19.1. The number of rotatable bonds is 3. The second-order valence-corrected chi connectivity index (χ2v) is 9.26. The lowest BCUT2D eigenvalue weighted by Gasteiger charge is -2.33. The van der Waals surface area contributed by atoms with Crippen molar-refractivity contribution in [1.29, 1.82) is 0 Å². The van der Waals surface area contributed by atoms with Gasteiger partial charge in [0.1, 0.15) is 12.4 Å². The van der Waals surface area contributed by atoms with Crippen LogP contribution < -0.4 is 10.6 Å². The van der Waals surface area contributed by atoms with Gasteiger partial charge in [0, 0.05) is 23.9 Å². The van der Waals surface area contributed by atoms with E-state index in [1.54, 1.807) is 0 Å². The number of alkyl halides is 1. The van der Waals surface area contributed by atoms with Gasteiger partial charge in [0.25, 0.3) is 0 Å². The molecule has 6 unspecified atom stereocenters. The number of amides is 1. The number of halogens is 1. The van der Waals surface area contributed by atoms with E-state index in [0.29, 0.717) is 43.7 Å². The molecule has 3 saturated carbocycles. The molecule has 1 amide bonds. The van der Waals surface area contributed by atoms with Gasteiger partial charge < -0.3 is 10.1 Å². The van der Waals surface area contributed by atoms with Crippen LogP contribution in [0.15, 0.2) is 0 Å². The Labute approximate surface area is 157 Å². The van der Waals surface area contributed by atoms with E-state index in [1.807, 2.05) is 0 Å². The standard InChI is InChI=1S/C21H35FN2O2/c1-13-4-2-3-5-17(13)21-24-18-12-16(10-11-19(18)26-21)23-20(25)14-6-8-15(22)9-7-14/h13-19,21,24H,2-12H2,1H3,(H,23,25). The summed E-state index contributed by atoms with van der Waals surface area (Å²) in [6, 6.07) is 0.611. The molecule has 0 aromatic carbocycles. The summed E-state index contributed by atoms with van der Waals surface area (Å²) in [5.74, 6) is 1.54. The summed E-state index contributed by atoms with van der Waals surface area (Å²) in [5, 5.41) is 7.02. The molecular weight excluding hydrogens is 331 g/mol. The third-order valence-corrected chi connectivity index (χ3v) is 7.43. The van der Waals surface area contributed by atoms with E-state index >= 15 is 0 Å². The predicted molar refractivity (Wildman–Crippen MR) is 99.3 cm³/mol. The summed E-state index contributed by atoms with van der Waals surface area (Å²) < 4.78 is 19.7. The first-order valence-corrected chi connectivity index (χ1v) is 11.0. The molecule has 0 aromatic rings. The van der Waals surface area contributed by atoms with Crippen molar-refractivity contribution in [3.63, 3.8) is 0 Å². The monoisotopic (exact) mass is 366 g/mol. The van der Waals surface area contributed by atoms with Gasteiger partial charge in [-0.2, -0.15) is 0 Å². The summed E-state index contributed by atoms with van der Waals surface area (Å²) >= 11 is 0. The Hall–Kier alpha value is -0.680. The van der Waals surface area contributed by atoms with Crippen molar-refractivity contribution >= 4 is 5.91 Å². The molecule has 2 N–H and O–H groups in total. The molecule has 0 spiro atoms. The smallest absolute Gasteiger partial charge is 0.223 e. The van der Waals surface area contributed by atoms with Gasteiger partial charge in [-0.25, -0.2) is 4.39 Å². The molecule has 0 aromatic heterocycles. The normalized spacial score (nSPS) is 46.5. The topological polar surface area (TPSA) is 50.4 Å². The van der Waals surface area contributed by atoms with Gasteiger partial charge in [0.05, 0.1) is 6.10 Å². The van der Waals surface area contributed by atoms with Gasteiger partial charge in [-0.15, -0.1) is 0 Å². The zero-order chi connectivity index (χ0) is 18.1. The van der Waals surface area contributed by atoms with Gasteiger partial charge in [0.2, 0.25) is 5.91 Å². The van der Waals surface area contributed by atoms with Crippen molar-refractivity contribution < 1.29 is 13.9 Å². The van der Waals surface area contributed by atoms with Crippen molar-refractivity contribution in [1.82, 2.24) is 10.6 Å². The highest BCUT2D eigenvalue weighted by Gasteiger charge is 2.43. The summed E-state index contributed by atoms with van der Waals surface area (Å²) in [7, 11) is 0. The zero-order valence-electron chi connectivity index (χ0n) is 16.1. The molecule has 4 nitrogen and oxygen atoms in total. The third-order valence-electron chi connectivity index (χ3n) is 7.43. The lowest BCUT2D eigenvalue weighted by Crippen LogP contribution is -2.49. The maximum Gasteiger partial charge on any atom is 0.223 e. The maximum absolute atomic E-state index is 13.3. The van der Waals surface area contributed by atoms with Gasteiger partial charge in [0.15, 0.2) is 0 Å². The number of hydrogen-bond donors (Lipinski definition) is 2. The molecule has 0 bridgehead atoms. The molecule has 4 rings (SSSR count). The number of hydrogen-bond acceptors (Lipinski definition) is 3. The second-order valence-electron chi connectivity index (χ2n) is 9.26. The van der Waals surface area contributed by atoms with Gasteiger partial charge >= 0.3 is 0 Å². The molecule has 148 valence electrons. The molecule has 3 aliphatic carbocycles. The maximum atomic E-state index is 13.3. The predicted octanol–water partition coefficient (Wildman–Crippen LogP) is 3.69. The average Bonchev–Trinajstić information content (AvgIpc) is 3.05. The largest absolute Gasteiger partial charge is 0.358 e. The van der Waals surface area contributed by atoms with Crippen LogP contribution in [0.4, 0.5) is 4.39 Å². The summed E-state index contributed by atoms with van der Waals surface area (Å²) in [5.41, 5.74) is 0. The minimum absolute atomic E-state index is 0.0170. The van der Waals surface area contributed by atoms with Crippen molar-refractivity contribution in [3.05, 3.63) is 0 Å². The molecule has 1 aliphatic heterocycles. The molecule has 26 heavy (non-hydrogen) atoms. The van der Waals surface area contributed by atoms with Crippen LogP contribution in [-0.4, -0.2) is 36.5 Å². The number of nitrogens with one attached hydrogen (secondary N) is 2. The molecule has 5 heteroatoms. The fraction of sp³-hybridized carbons (Fsp3) is 0.952. The van der Waals surface area contributed by atoms with Crippen LogP contribution in [0.1, 0.15) is 77.6 Å². The Morgan fingerprint density at radius 1 is 1.04 bits per heavy atom. The number of ether oxygens (including phenoxy) is 1. The second kappa shape index (κ2) is 8.14. The first-order chi connectivity index (χ1) is 12.6. The van der Waals surface area contributed by atoms with Gasteiger partial charge in [-0.1, -0.05) is 26.2 Å². The lowest BCUT2D eigenvalue weighted by atomic mass is 9.79. The molecule has 4 fully saturated rings. The Bertz CT molecular complexity index is 494. The SMILES string of the molecule is CC1CCCCC1C1NC2CC(NC(=O)C3CCC(F)CC3)CCC2O1. The van der Waals surface area contributed by atoms with E-state index in [-0.39, 0.29) is 24.1 Å². The molecule has 1 saturated heterocycles. The minimum atomic E-state index is -0.701. The number of carbonyl (C=O) groups is 1. The molecule has 6 atom stereocenters. The van der Waals surface area contributed by atoms with Crippen molar-refractivity contribution in [2.45, 2.75) is 108 Å². The highest BCUT2D eigenvalue weighted by molar-refractivity contribution is 5.79. The Morgan fingerprint density at radius 2 is 1.81 bits per heavy atom. The number of carbonyl (C=O) groups excluding carboxylic acids is 1. The van der Waals surface area contributed by atoms with Crippen LogP contribution in [0.5, 0.6) is 0 Å². The fourth-order valence-corrected chi connectivity index (χ4v) is 5.70. The highest BCUT2D eigenvalue weighted by Crippen LogP contribution is 2.38. The number of fused-ring (bicyclic) bond motifs is 1. The van der Waals surface area contributed by atoms with Crippen LogP contribution >= 0.6 is 0 Å². The molecule has 0 radical (unpaired) electrons.